The topological polar surface area (TPSA) is 73.6 Å². The SMILES string of the molecule is COc1ccc(NC2CCCOCC2)c([N+](=O)[O-])c1. The number of nitrogens with zero attached hydrogens (tertiary/aromatic N) is 1. The van der Waals surface area contributed by atoms with Gasteiger partial charge in [0.05, 0.1) is 18.1 Å². The predicted octanol–water partition coefficient (Wildman–Crippen LogP) is 2.58. The monoisotopic (exact) mass is 266 g/mol. The first kappa shape index (κ1) is 13.6. The van der Waals surface area contributed by atoms with Gasteiger partial charge in [-0.3, -0.25) is 10.1 Å². The van der Waals surface area contributed by atoms with Crippen molar-refractivity contribution < 1.29 is 14.4 Å². The highest BCUT2D eigenvalue weighted by atomic mass is 16.6. The van der Waals surface area contributed by atoms with Gasteiger partial charge in [0, 0.05) is 19.3 Å². The van der Waals surface area contributed by atoms with Crippen LogP contribution in [0, 0.1) is 10.1 Å². The van der Waals surface area contributed by atoms with Crippen molar-refractivity contribution in [2.75, 3.05) is 25.6 Å². The Balaban J connectivity index is 2.16. The Morgan fingerprint density at radius 2 is 2.26 bits per heavy atom. The third-order valence-electron chi connectivity index (χ3n) is 3.21. The summed E-state index contributed by atoms with van der Waals surface area (Å²) < 4.78 is 10.4. The average molecular weight is 266 g/mol. The van der Waals surface area contributed by atoms with Crippen molar-refractivity contribution in [2.24, 2.45) is 0 Å². The largest absolute Gasteiger partial charge is 0.496 e. The number of nitrogens with one attached hydrogen (secondary N) is 1. The molecule has 1 aliphatic heterocycles. The van der Waals surface area contributed by atoms with Crippen molar-refractivity contribution in [1.29, 1.82) is 0 Å². The van der Waals surface area contributed by atoms with Gasteiger partial charge >= 0.3 is 0 Å². The lowest BCUT2D eigenvalue weighted by Crippen LogP contribution is -2.20. The number of hydrogen-bond acceptors (Lipinski definition) is 5. The van der Waals surface area contributed by atoms with Crippen LogP contribution in [-0.2, 0) is 4.74 Å². The standard InChI is InChI=1S/C13H18N2O4/c1-18-11-4-5-12(13(9-11)15(16)17)14-10-3-2-7-19-8-6-10/h4-5,9-10,14H,2-3,6-8H2,1H3. The molecule has 1 N–H and O–H groups in total. The first-order valence-electron chi connectivity index (χ1n) is 6.37. The van der Waals surface area contributed by atoms with E-state index in [1.807, 2.05) is 0 Å². The minimum Gasteiger partial charge on any atom is -0.496 e. The van der Waals surface area contributed by atoms with Gasteiger partial charge in [-0.15, -0.1) is 0 Å². The first-order chi connectivity index (χ1) is 9.20. The highest BCUT2D eigenvalue weighted by Crippen LogP contribution is 2.30. The van der Waals surface area contributed by atoms with Gasteiger partial charge in [0.15, 0.2) is 0 Å². The molecule has 0 aromatic heterocycles. The molecule has 1 fully saturated rings. The summed E-state index contributed by atoms with van der Waals surface area (Å²) in [4.78, 5) is 10.7. The van der Waals surface area contributed by atoms with E-state index in [1.54, 1.807) is 12.1 Å². The van der Waals surface area contributed by atoms with Gasteiger partial charge in [0.1, 0.15) is 11.4 Å². The van der Waals surface area contributed by atoms with Gasteiger partial charge < -0.3 is 14.8 Å². The van der Waals surface area contributed by atoms with Gasteiger partial charge in [-0.1, -0.05) is 0 Å². The number of ether oxygens (including phenoxy) is 2. The number of hydrogen-bond donors (Lipinski definition) is 1. The Morgan fingerprint density at radius 3 is 3.00 bits per heavy atom. The second-order valence-corrected chi connectivity index (χ2v) is 4.52. The minimum absolute atomic E-state index is 0.0458. The lowest BCUT2D eigenvalue weighted by Gasteiger charge is -2.17. The second kappa shape index (κ2) is 6.38. The molecule has 1 aromatic carbocycles. The van der Waals surface area contributed by atoms with Crippen molar-refractivity contribution in [3.8, 4) is 5.75 Å². The fourth-order valence-corrected chi connectivity index (χ4v) is 2.18. The molecule has 19 heavy (non-hydrogen) atoms. The van der Waals surface area contributed by atoms with Gasteiger partial charge in [0.25, 0.3) is 5.69 Å². The molecule has 0 radical (unpaired) electrons. The molecule has 1 aliphatic rings. The van der Waals surface area contributed by atoms with Gasteiger partial charge in [0.2, 0.25) is 0 Å². The Morgan fingerprint density at radius 1 is 1.42 bits per heavy atom. The number of benzene rings is 1. The quantitative estimate of drug-likeness (QED) is 0.669. The molecular formula is C13H18N2O4. The van der Waals surface area contributed by atoms with Crippen LogP contribution >= 0.6 is 0 Å². The molecule has 1 atom stereocenters. The maximum atomic E-state index is 11.1. The first-order valence-corrected chi connectivity index (χ1v) is 6.37. The summed E-state index contributed by atoms with van der Waals surface area (Å²) >= 11 is 0. The summed E-state index contributed by atoms with van der Waals surface area (Å²) in [6.07, 6.45) is 2.80. The van der Waals surface area contributed by atoms with Crippen LogP contribution < -0.4 is 10.1 Å². The smallest absolute Gasteiger partial charge is 0.296 e. The van der Waals surface area contributed by atoms with Crippen LogP contribution in [0.1, 0.15) is 19.3 Å². The van der Waals surface area contributed by atoms with Crippen LogP contribution in [0.5, 0.6) is 5.75 Å². The van der Waals surface area contributed by atoms with E-state index in [0.29, 0.717) is 18.0 Å². The molecule has 0 amide bonds. The van der Waals surface area contributed by atoms with Gasteiger partial charge in [-0.2, -0.15) is 0 Å². The number of methoxy groups -OCH3 is 1. The molecule has 0 bridgehead atoms. The van der Waals surface area contributed by atoms with Crippen LogP contribution in [0.4, 0.5) is 11.4 Å². The maximum Gasteiger partial charge on any atom is 0.296 e. The summed E-state index contributed by atoms with van der Waals surface area (Å²) in [6.45, 7) is 1.46. The van der Waals surface area contributed by atoms with Crippen molar-refractivity contribution in [3.63, 3.8) is 0 Å². The van der Waals surface area contributed by atoms with Crippen molar-refractivity contribution in [3.05, 3.63) is 28.3 Å². The van der Waals surface area contributed by atoms with Crippen molar-refractivity contribution in [2.45, 2.75) is 25.3 Å². The molecule has 1 aromatic rings. The molecular weight excluding hydrogens is 248 g/mol. The highest BCUT2D eigenvalue weighted by molar-refractivity contribution is 5.64. The van der Waals surface area contributed by atoms with Crippen molar-refractivity contribution in [1.82, 2.24) is 0 Å². The maximum absolute atomic E-state index is 11.1. The van der Waals surface area contributed by atoms with E-state index in [2.05, 4.69) is 5.32 Å². The molecule has 1 heterocycles. The van der Waals surface area contributed by atoms with Crippen LogP contribution in [0.25, 0.3) is 0 Å². The summed E-state index contributed by atoms with van der Waals surface area (Å²) in [7, 11) is 1.49. The van der Waals surface area contributed by atoms with E-state index in [1.165, 1.54) is 13.2 Å². The van der Waals surface area contributed by atoms with Gasteiger partial charge in [-0.25, -0.2) is 0 Å². The third kappa shape index (κ3) is 3.57. The molecule has 1 saturated heterocycles. The molecule has 0 saturated carbocycles. The van der Waals surface area contributed by atoms with Crippen LogP contribution in [0.2, 0.25) is 0 Å². The van der Waals surface area contributed by atoms with E-state index in [-0.39, 0.29) is 11.7 Å². The Kier molecular flexibility index (Phi) is 4.57. The lowest BCUT2D eigenvalue weighted by atomic mass is 10.1. The summed E-state index contributed by atoms with van der Waals surface area (Å²) in [5.41, 5.74) is 0.585. The highest BCUT2D eigenvalue weighted by Gasteiger charge is 2.19. The zero-order valence-electron chi connectivity index (χ0n) is 10.9. The van der Waals surface area contributed by atoms with Crippen LogP contribution in [-0.4, -0.2) is 31.3 Å². The molecule has 104 valence electrons. The van der Waals surface area contributed by atoms with E-state index < -0.39 is 4.92 Å². The summed E-state index contributed by atoms with van der Waals surface area (Å²) in [6, 6.07) is 5.08. The predicted molar refractivity (Wildman–Crippen MR) is 71.7 cm³/mol. The number of rotatable bonds is 4. The lowest BCUT2D eigenvalue weighted by molar-refractivity contribution is -0.384. The van der Waals surface area contributed by atoms with Gasteiger partial charge in [-0.05, 0) is 31.4 Å². The molecule has 1 unspecified atom stereocenters. The van der Waals surface area contributed by atoms with Crippen LogP contribution in [0.15, 0.2) is 18.2 Å². The van der Waals surface area contributed by atoms with E-state index in [4.69, 9.17) is 9.47 Å². The number of nitro benzene ring substituents is 1. The molecule has 6 nitrogen and oxygen atoms in total. The summed E-state index contributed by atoms with van der Waals surface area (Å²) in [5, 5.41) is 14.3. The fourth-order valence-electron chi connectivity index (χ4n) is 2.18. The van der Waals surface area contributed by atoms with Crippen molar-refractivity contribution >= 4 is 11.4 Å². The molecule has 6 heteroatoms. The summed E-state index contributed by atoms with van der Waals surface area (Å²) in [5.74, 6) is 0.487. The normalized spacial score (nSPS) is 19.5. The van der Waals surface area contributed by atoms with E-state index in [9.17, 15) is 10.1 Å². The number of nitro groups is 1. The molecule has 0 spiro atoms. The zero-order valence-corrected chi connectivity index (χ0v) is 10.9. The second-order valence-electron chi connectivity index (χ2n) is 4.52. The Labute approximate surface area is 111 Å². The third-order valence-corrected chi connectivity index (χ3v) is 3.21. The Bertz CT molecular complexity index is 442. The molecule has 2 rings (SSSR count). The fraction of sp³-hybridized carbons (Fsp3) is 0.538. The number of anilines is 1. The van der Waals surface area contributed by atoms with E-state index >= 15 is 0 Å². The average Bonchev–Trinajstić information content (AvgIpc) is 2.67. The van der Waals surface area contributed by atoms with Crippen LogP contribution in [0.3, 0.4) is 0 Å². The minimum atomic E-state index is -0.391. The molecule has 0 aliphatic carbocycles. The Hall–Kier alpha value is -1.82. The zero-order chi connectivity index (χ0) is 13.7. The van der Waals surface area contributed by atoms with E-state index in [0.717, 1.165) is 25.9 Å².